The Morgan fingerprint density at radius 2 is 1.68 bits per heavy atom. The van der Waals surface area contributed by atoms with Gasteiger partial charge in [-0.1, -0.05) is 37.6 Å². The molecule has 0 bridgehead atoms. The number of benzene rings is 2. The van der Waals surface area contributed by atoms with Gasteiger partial charge in [0.2, 0.25) is 0 Å². The van der Waals surface area contributed by atoms with Crippen LogP contribution in [-0.2, 0) is 0 Å². The fourth-order valence-corrected chi connectivity index (χ4v) is 2.96. The molecule has 0 aliphatic heterocycles. The molecule has 2 nitrogen and oxygen atoms in total. The van der Waals surface area contributed by atoms with Crippen LogP contribution in [0.5, 0.6) is 0 Å². The number of hydrogen-bond donors (Lipinski definition) is 2. The van der Waals surface area contributed by atoms with Gasteiger partial charge in [0, 0.05) is 27.9 Å². The maximum atomic E-state index is 10.1. The van der Waals surface area contributed by atoms with Gasteiger partial charge in [-0.25, -0.2) is 0 Å². The molecule has 0 fully saturated rings. The van der Waals surface area contributed by atoms with Crippen molar-refractivity contribution in [1.29, 1.82) is 0 Å². The molecule has 1 unspecified atom stereocenters. The van der Waals surface area contributed by atoms with Gasteiger partial charge in [-0.15, -0.1) is 11.8 Å². The molecule has 0 spiro atoms. The molecular weight excluding hydrogens is 314 g/mol. The highest BCUT2D eigenvalue weighted by atomic mass is 35.5. The van der Waals surface area contributed by atoms with E-state index in [0.717, 1.165) is 15.6 Å². The molecule has 1 atom stereocenters. The van der Waals surface area contributed by atoms with Gasteiger partial charge in [0.15, 0.2) is 0 Å². The number of rotatable bonds is 7. The third-order valence-corrected chi connectivity index (χ3v) is 4.78. The summed E-state index contributed by atoms with van der Waals surface area (Å²) in [5, 5.41) is 14.1. The number of hydrogen-bond acceptors (Lipinski definition) is 3. The third-order valence-electron chi connectivity index (χ3n) is 3.38. The first-order valence-electron chi connectivity index (χ1n) is 7.45. The number of halogens is 1. The maximum absolute atomic E-state index is 10.1. The Kier molecular flexibility index (Phi) is 6.62. The molecule has 2 rings (SSSR count). The van der Waals surface area contributed by atoms with Crippen LogP contribution < -0.4 is 5.32 Å². The van der Waals surface area contributed by atoms with Gasteiger partial charge >= 0.3 is 0 Å². The predicted octanol–water partition coefficient (Wildman–Crippen LogP) is 5.03. The Morgan fingerprint density at radius 3 is 2.27 bits per heavy atom. The largest absolute Gasteiger partial charge is 0.390 e. The Bertz CT molecular complexity index is 569. The summed E-state index contributed by atoms with van der Waals surface area (Å²) in [7, 11) is 0. The van der Waals surface area contributed by atoms with Crippen molar-refractivity contribution in [2.75, 3.05) is 17.6 Å². The summed E-state index contributed by atoms with van der Waals surface area (Å²) in [5.74, 6) is 1.19. The van der Waals surface area contributed by atoms with Crippen molar-refractivity contribution in [2.45, 2.75) is 30.8 Å². The molecule has 2 aromatic rings. The molecule has 0 amide bonds. The summed E-state index contributed by atoms with van der Waals surface area (Å²) in [6.45, 7) is 4.90. The second-order valence-corrected chi connectivity index (χ2v) is 7.11. The number of nitrogens with one attached hydrogen (secondary N) is 1. The Hall–Kier alpha value is -1.16. The molecule has 2 aromatic carbocycles. The second kappa shape index (κ2) is 8.47. The van der Waals surface area contributed by atoms with Crippen molar-refractivity contribution in [2.24, 2.45) is 0 Å². The normalized spacial score (nSPS) is 12.4. The lowest BCUT2D eigenvalue weighted by atomic mass is 10.0. The minimum Gasteiger partial charge on any atom is -0.390 e. The fourth-order valence-electron chi connectivity index (χ4n) is 2.00. The average molecular weight is 336 g/mol. The van der Waals surface area contributed by atoms with Crippen molar-refractivity contribution in [3.63, 3.8) is 0 Å². The molecule has 0 aromatic heterocycles. The lowest BCUT2D eigenvalue weighted by Gasteiger charge is -2.13. The highest BCUT2D eigenvalue weighted by Gasteiger charge is 2.06. The number of thioether (sulfide) groups is 1. The van der Waals surface area contributed by atoms with E-state index in [9.17, 15) is 5.11 Å². The van der Waals surface area contributed by atoms with E-state index >= 15 is 0 Å². The second-order valence-electron chi connectivity index (χ2n) is 5.58. The van der Waals surface area contributed by atoms with Gasteiger partial charge in [0.05, 0.1) is 6.10 Å². The van der Waals surface area contributed by atoms with Crippen molar-refractivity contribution in [3.05, 3.63) is 59.1 Å². The lowest BCUT2D eigenvalue weighted by Crippen LogP contribution is -2.21. The topological polar surface area (TPSA) is 32.3 Å². The van der Waals surface area contributed by atoms with Crippen LogP contribution in [0.25, 0.3) is 0 Å². The highest BCUT2D eigenvalue weighted by Crippen LogP contribution is 2.21. The number of aliphatic hydroxyl groups is 1. The molecule has 118 valence electrons. The quantitative estimate of drug-likeness (QED) is 0.696. The van der Waals surface area contributed by atoms with Crippen LogP contribution in [0.2, 0.25) is 5.02 Å². The van der Waals surface area contributed by atoms with E-state index in [1.54, 1.807) is 11.8 Å². The van der Waals surface area contributed by atoms with Gasteiger partial charge in [0.1, 0.15) is 0 Å². The molecule has 0 heterocycles. The minimum absolute atomic E-state index is 0.398. The first kappa shape index (κ1) is 17.2. The Morgan fingerprint density at radius 1 is 1.05 bits per heavy atom. The Balaban J connectivity index is 1.75. The zero-order chi connectivity index (χ0) is 15.9. The molecule has 0 aliphatic carbocycles. The molecule has 0 saturated heterocycles. The SMILES string of the molecule is CC(C)c1ccc(NCC(O)CSc2ccc(Cl)cc2)cc1. The standard InChI is InChI=1S/C18H22ClNOS/c1-13(2)14-3-7-16(8-4-14)20-11-17(21)12-22-18-9-5-15(19)6-10-18/h3-10,13,17,20-21H,11-12H2,1-2H3. The van der Waals surface area contributed by atoms with E-state index in [0.29, 0.717) is 18.2 Å². The summed E-state index contributed by atoms with van der Waals surface area (Å²) in [5.41, 5.74) is 2.37. The van der Waals surface area contributed by atoms with Gasteiger partial charge in [-0.2, -0.15) is 0 Å². The first-order chi connectivity index (χ1) is 10.5. The molecular formula is C18H22ClNOS. The van der Waals surface area contributed by atoms with Crippen molar-refractivity contribution < 1.29 is 5.11 Å². The summed E-state index contributed by atoms with van der Waals surface area (Å²) in [4.78, 5) is 1.12. The zero-order valence-corrected chi connectivity index (χ0v) is 14.5. The van der Waals surface area contributed by atoms with Crippen LogP contribution in [0.4, 0.5) is 5.69 Å². The van der Waals surface area contributed by atoms with E-state index in [1.807, 2.05) is 24.3 Å². The van der Waals surface area contributed by atoms with Gasteiger partial charge in [-0.05, 0) is 47.9 Å². The van der Waals surface area contributed by atoms with Crippen LogP contribution in [0, 0.1) is 0 Å². The maximum Gasteiger partial charge on any atom is 0.0806 e. The minimum atomic E-state index is -0.398. The summed E-state index contributed by atoms with van der Waals surface area (Å²) in [6, 6.07) is 16.1. The molecule has 0 aliphatic rings. The monoisotopic (exact) mass is 335 g/mol. The van der Waals surface area contributed by atoms with Gasteiger partial charge in [0.25, 0.3) is 0 Å². The molecule has 22 heavy (non-hydrogen) atoms. The molecule has 2 N–H and O–H groups in total. The first-order valence-corrected chi connectivity index (χ1v) is 8.81. The highest BCUT2D eigenvalue weighted by molar-refractivity contribution is 7.99. The summed E-state index contributed by atoms with van der Waals surface area (Å²) >= 11 is 7.48. The van der Waals surface area contributed by atoms with Crippen molar-refractivity contribution in [3.8, 4) is 0 Å². The molecule has 4 heteroatoms. The molecule has 0 saturated carbocycles. The average Bonchev–Trinajstić information content (AvgIpc) is 2.52. The van der Waals surface area contributed by atoms with Crippen LogP contribution in [0.3, 0.4) is 0 Å². The third kappa shape index (κ3) is 5.56. The van der Waals surface area contributed by atoms with Crippen molar-refractivity contribution in [1.82, 2.24) is 0 Å². The zero-order valence-electron chi connectivity index (χ0n) is 12.9. The van der Waals surface area contributed by atoms with Gasteiger partial charge in [-0.3, -0.25) is 0 Å². The van der Waals surface area contributed by atoms with Crippen LogP contribution in [-0.4, -0.2) is 23.5 Å². The summed E-state index contributed by atoms with van der Waals surface area (Å²) in [6.07, 6.45) is -0.398. The van der Waals surface area contributed by atoms with Crippen LogP contribution >= 0.6 is 23.4 Å². The predicted molar refractivity (Wildman–Crippen MR) is 97.2 cm³/mol. The van der Waals surface area contributed by atoms with Gasteiger partial charge < -0.3 is 10.4 Å². The van der Waals surface area contributed by atoms with Crippen LogP contribution in [0.1, 0.15) is 25.3 Å². The molecule has 0 radical (unpaired) electrons. The van der Waals surface area contributed by atoms with Crippen LogP contribution in [0.15, 0.2) is 53.4 Å². The van der Waals surface area contributed by atoms with E-state index in [4.69, 9.17) is 11.6 Å². The Labute approximate surface area is 141 Å². The van der Waals surface area contributed by atoms with Crippen molar-refractivity contribution >= 4 is 29.1 Å². The van der Waals surface area contributed by atoms with E-state index in [-0.39, 0.29) is 0 Å². The fraction of sp³-hybridized carbons (Fsp3) is 0.333. The summed E-state index contributed by atoms with van der Waals surface area (Å²) < 4.78 is 0. The van der Waals surface area contributed by atoms with E-state index in [1.165, 1.54) is 5.56 Å². The van der Waals surface area contributed by atoms with E-state index in [2.05, 4.69) is 43.4 Å². The number of aliphatic hydroxyl groups excluding tert-OH is 1. The number of anilines is 1. The lowest BCUT2D eigenvalue weighted by molar-refractivity contribution is 0.213. The smallest absolute Gasteiger partial charge is 0.0806 e. The van der Waals surface area contributed by atoms with E-state index < -0.39 is 6.10 Å².